The maximum absolute atomic E-state index is 2.68. The fraction of sp³-hybridized carbons (Fsp3) is 1.00. The molecule has 1 aliphatic heterocycles. The maximum atomic E-state index is 2.68. The minimum Gasteiger partial charge on any atom is -0.301 e. The van der Waals surface area contributed by atoms with E-state index in [1.54, 1.807) is 0 Å². The van der Waals surface area contributed by atoms with Crippen LogP contribution < -0.4 is 0 Å². The molecule has 2 unspecified atom stereocenters. The Morgan fingerprint density at radius 2 is 1.65 bits per heavy atom. The molecule has 1 fully saturated rings. The fourth-order valence-electron chi connectivity index (χ4n) is 2.77. The van der Waals surface area contributed by atoms with E-state index >= 15 is 0 Å². The van der Waals surface area contributed by atoms with E-state index in [1.165, 1.54) is 45.2 Å². The molecule has 0 aromatic heterocycles. The van der Waals surface area contributed by atoms with E-state index in [0.717, 1.165) is 23.8 Å². The minimum absolute atomic E-state index is 0.797. The molecule has 0 N–H and O–H groups in total. The number of nitrogens with zero attached hydrogens (tertiary/aromatic N) is 1. The van der Waals surface area contributed by atoms with Gasteiger partial charge in [0.15, 0.2) is 0 Å². The third kappa shape index (κ3) is 4.99. The molecule has 102 valence electrons. The molecule has 1 heteroatoms. The van der Waals surface area contributed by atoms with E-state index in [0.29, 0.717) is 0 Å². The van der Waals surface area contributed by atoms with E-state index in [9.17, 15) is 0 Å². The molecule has 1 heterocycles. The largest absolute Gasteiger partial charge is 0.301 e. The van der Waals surface area contributed by atoms with Crippen molar-refractivity contribution in [3.63, 3.8) is 0 Å². The monoisotopic (exact) mass is 239 g/mol. The lowest BCUT2D eigenvalue weighted by Crippen LogP contribution is -2.39. The van der Waals surface area contributed by atoms with Gasteiger partial charge in [0.25, 0.3) is 0 Å². The zero-order valence-electron chi connectivity index (χ0n) is 12.7. The van der Waals surface area contributed by atoms with Crippen LogP contribution in [0, 0.1) is 17.8 Å². The third-order valence-corrected chi connectivity index (χ3v) is 5.03. The van der Waals surface area contributed by atoms with E-state index in [2.05, 4.69) is 39.5 Å². The van der Waals surface area contributed by atoms with E-state index in [-0.39, 0.29) is 0 Å². The summed E-state index contributed by atoms with van der Waals surface area (Å²) in [6.45, 7) is 14.5. The van der Waals surface area contributed by atoms with Crippen LogP contribution in [0.1, 0.15) is 66.7 Å². The number of piperidine rings is 1. The van der Waals surface area contributed by atoms with Gasteiger partial charge in [-0.3, -0.25) is 0 Å². The van der Waals surface area contributed by atoms with Crippen LogP contribution in [0.15, 0.2) is 0 Å². The molecule has 0 aromatic carbocycles. The second kappa shape index (κ2) is 7.41. The Kier molecular flexibility index (Phi) is 6.54. The zero-order valence-corrected chi connectivity index (χ0v) is 12.7. The molecule has 0 amide bonds. The van der Waals surface area contributed by atoms with Crippen molar-refractivity contribution >= 4 is 0 Å². The van der Waals surface area contributed by atoms with Crippen molar-refractivity contribution in [3.05, 3.63) is 0 Å². The first-order valence-corrected chi connectivity index (χ1v) is 7.78. The predicted octanol–water partition coefficient (Wildman–Crippen LogP) is 4.57. The topological polar surface area (TPSA) is 3.24 Å². The zero-order chi connectivity index (χ0) is 12.8. The Morgan fingerprint density at radius 3 is 2.12 bits per heavy atom. The van der Waals surface area contributed by atoms with Gasteiger partial charge in [-0.2, -0.15) is 0 Å². The first-order chi connectivity index (χ1) is 8.04. The summed E-state index contributed by atoms with van der Waals surface area (Å²) in [5, 5.41) is 0. The van der Waals surface area contributed by atoms with E-state index in [4.69, 9.17) is 0 Å². The van der Waals surface area contributed by atoms with Crippen LogP contribution >= 0.6 is 0 Å². The van der Waals surface area contributed by atoms with Crippen LogP contribution in [-0.4, -0.2) is 24.0 Å². The average molecular weight is 239 g/mol. The smallest absolute Gasteiger partial charge is 0.00643 e. The Bertz CT molecular complexity index is 192. The summed E-state index contributed by atoms with van der Waals surface area (Å²) in [6, 6.07) is 0.797. The van der Waals surface area contributed by atoms with Gasteiger partial charge in [-0.05, 0) is 57.0 Å². The summed E-state index contributed by atoms with van der Waals surface area (Å²) >= 11 is 0. The highest BCUT2D eigenvalue weighted by Crippen LogP contribution is 2.27. The molecule has 0 saturated carbocycles. The molecule has 0 aliphatic carbocycles. The van der Waals surface area contributed by atoms with Gasteiger partial charge in [-0.25, -0.2) is 0 Å². The summed E-state index contributed by atoms with van der Waals surface area (Å²) in [4.78, 5) is 2.68. The molecule has 0 bridgehead atoms. The van der Waals surface area contributed by atoms with Gasteiger partial charge >= 0.3 is 0 Å². The van der Waals surface area contributed by atoms with Crippen molar-refractivity contribution < 1.29 is 0 Å². The second-order valence-electron chi connectivity index (χ2n) is 6.54. The molecule has 1 nitrogen and oxygen atoms in total. The Balaban J connectivity index is 2.19. The predicted molar refractivity (Wildman–Crippen MR) is 77.3 cm³/mol. The highest BCUT2D eigenvalue weighted by Gasteiger charge is 2.22. The SMILES string of the molecule is CCC(C)N1CCC(CCC(C)C(C)C)CC1. The molecule has 1 aliphatic rings. The summed E-state index contributed by atoms with van der Waals surface area (Å²) in [5.74, 6) is 2.77. The lowest BCUT2D eigenvalue weighted by atomic mass is 9.85. The first-order valence-electron chi connectivity index (χ1n) is 7.78. The number of rotatable bonds is 6. The van der Waals surface area contributed by atoms with Crippen LogP contribution in [0.2, 0.25) is 0 Å². The van der Waals surface area contributed by atoms with Gasteiger partial charge in [0.2, 0.25) is 0 Å². The van der Waals surface area contributed by atoms with Crippen molar-refractivity contribution in [3.8, 4) is 0 Å². The maximum Gasteiger partial charge on any atom is 0.00643 e. The van der Waals surface area contributed by atoms with Gasteiger partial charge in [-0.1, -0.05) is 40.5 Å². The van der Waals surface area contributed by atoms with E-state index in [1.807, 2.05) is 0 Å². The molecule has 0 spiro atoms. The Labute approximate surface area is 109 Å². The second-order valence-corrected chi connectivity index (χ2v) is 6.54. The van der Waals surface area contributed by atoms with Crippen LogP contribution in [0.3, 0.4) is 0 Å². The van der Waals surface area contributed by atoms with Crippen LogP contribution in [0.25, 0.3) is 0 Å². The minimum atomic E-state index is 0.797. The number of hydrogen-bond donors (Lipinski definition) is 0. The van der Waals surface area contributed by atoms with Crippen molar-refractivity contribution in [2.45, 2.75) is 72.8 Å². The molecular weight excluding hydrogens is 206 g/mol. The van der Waals surface area contributed by atoms with Crippen molar-refractivity contribution in [1.82, 2.24) is 4.90 Å². The molecule has 1 rings (SSSR count). The van der Waals surface area contributed by atoms with Gasteiger partial charge in [0.1, 0.15) is 0 Å². The van der Waals surface area contributed by atoms with Crippen molar-refractivity contribution in [2.75, 3.05) is 13.1 Å². The van der Waals surface area contributed by atoms with Gasteiger partial charge < -0.3 is 4.90 Å². The number of likely N-dealkylation sites (tertiary alicyclic amines) is 1. The van der Waals surface area contributed by atoms with Crippen molar-refractivity contribution in [2.24, 2.45) is 17.8 Å². The van der Waals surface area contributed by atoms with Gasteiger partial charge in [-0.15, -0.1) is 0 Å². The molecule has 2 atom stereocenters. The Hall–Kier alpha value is -0.0400. The van der Waals surface area contributed by atoms with E-state index < -0.39 is 0 Å². The van der Waals surface area contributed by atoms with Gasteiger partial charge in [0.05, 0.1) is 0 Å². The van der Waals surface area contributed by atoms with Crippen LogP contribution in [0.4, 0.5) is 0 Å². The molecule has 0 radical (unpaired) electrons. The molecule has 17 heavy (non-hydrogen) atoms. The van der Waals surface area contributed by atoms with Crippen molar-refractivity contribution in [1.29, 1.82) is 0 Å². The summed E-state index contributed by atoms with van der Waals surface area (Å²) < 4.78 is 0. The summed E-state index contributed by atoms with van der Waals surface area (Å²) in [6.07, 6.45) is 7.08. The highest BCUT2D eigenvalue weighted by molar-refractivity contribution is 4.76. The third-order valence-electron chi connectivity index (χ3n) is 5.03. The van der Waals surface area contributed by atoms with Gasteiger partial charge in [0, 0.05) is 6.04 Å². The lowest BCUT2D eigenvalue weighted by molar-refractivity contribution is 0.130. The van der Waals surface area contributed by atoms with Crippen LogP contribution in [-0.2, 0) is 0 Å². The average Bonchev–Trinajstić information content (AvgIpc) is 2.35. The normalized spacial score (nSPS) is 22.9. The highest BCUT2D eigenvalue weighted by atomic mass is 15.2. The molecule has 1 saturated heterocycles. The first kappa shape index (κ1) is 15.0. The van der Waals surface area contributed by atoms with Crippen LogP contribution in [0.5, 0.6) is 0 Å². The summed E-state index contributed by atoms with van der Waals surface area (Å²) in [5.41, 5.74) is 0. The quantitative estimate of drug-likeness (QED) is 0.656. The molecule has 0 aromatic rings. The number of hydrogen-bond acceptors (Lipinski definition) is 1. The summed E-state index contributed by atoms with van der Waals surface area (Å²) in [7, 11) is 0. The lowest BCUT2D eigenvalue weighted by Gasteiger charge is -2.36. The standard InChI is InChI=1S/C16H33N/c1-6-15(5)17-11-9-16(10-12-17)8-7-14(4)13(2)3/h13-16H,6-12H2,1-5H3. The Morgan fingerprint density at radius 1 is 1.06 bits per heavy atom. The molecular formula is C16H33N. The fourth-order valence-corrected chi connectivity index (χ4v) is 2.77.